The second-order valence-corrected chi connectivity index (χ2v) is 1.41. The van der Waals surface area contributed by atoms with Gasteiger partial charge in [0.15, 0.2) is 0 Å². The molecular weight excluding hydrogens is 90.5 g/mol. The molecule has 0 aromatic rings. The third-order valence-corrected chi connectivity index (χ3v) is 0.841. The van der Waals surface area contributed by atoms with Gasteiger partial charge in [0.2, 0.25) is 0 Å². The summed E-state index contributed by atoms with van der Waals surface area (Å²) in [6.07, 6.45) is 0. The standard InChI is InChI=1S/B3H6N3O/c7-3-5-1-4-2-6-3/h1-2,4-7H. The summed E-state index contributed by atoms with van der Waals surface area (Å²) in [6.45, 7) is 0. The predicted molar refractivity (Wildman–Crippen MR) is 31.7 cm³/mol. The number of rotatable bonds is 0. The van der Waals surface area contributed by atoms with E-state index in [1.54, 1.807) is 0 Å². The Bertz CT molecular complexity index is 52.1. The van der Waals surface area contributed by atoms with Crippen LogP contribution in [0, 0.1) is 0 Å². The summed E-state index contributed by atoms with van der Waals surface area (Å²) in [4.78, 5) is 0. The first-order chi connectivity index (χ1) is 3.39. The van der Waals surface area contributed by atoms with Crippen LogP contribution in [0.5, 0.6) is 0 Å². The molecule has 1 rings (SSSR count). The Hall–Kier alpha value is 0.0348. The molecule has 36 valence electrons. The molecule has 7 heavy (non-hydrogen) atoms. The molecule has 0 aliphatic carbocycles. The van der Waals surface area contributed by atoms with E-state index in [2.05, 4.69) is 15.4 Å². The van der Waals surface area contributed by atoms with Crippen molar-refractivity contribution in [3.05, 3.63) is 0 Å². The van der Waals surface area contributed by atoms with Crippen molar-refractivity contribution >= 4 is 22.3 Å². The summed E-state index contributed by atoms with van der Waals surface area (Å²) in [5.74, 6) is 0. The fraction of sp³-hybridized carbons (Fsp3) is 0. The van der Waals surface area contributed by atoms with E-state index in [4.69, 9.17) is 5.02 Å². The summed E-state index contributed by atoms with van der Waals surface area (Å²) in [5.41, 5.74) is 0. The summed E-state index contributed by atoms with van der Waals surface area (Å²) < 4.78 is 0. The highest BCUT2D eigenvalue weighted by atomic mass is 16.2. The maximum atomic E-state index is 8.65. The first-order valence-corrected chi connectivity index (χ1v) is 2.25. The Kier molecular flexibility index (Phi) is 1.75. The monoisotopic (exact) mass is 97.1 g/mol. The summed E-state index contributed by atoms with van der Waals surface area (Å²) in [6, 6.07) is 0. The number of hydrogen-bond acceptors (Lipinski definition) is 4. The van der Waals surface area contributed by atoms with E-state index in [0.29, 0.717) is 15.1 Å². The summed E-state index contributed by atoms with van der Waals surface area (Å²) >= 11 is 0. The molecule has 0 saturated carbocycles. The Morgan fingerprint density at radius 2 is 1.86 bits per heavy atom. The molecule has 7 heteroatoms. The molecule has 1 saturated heterocycles. The van der Waals surface area contributed by atoms with Gasteiger partial charge < -0.3 is 20.4 Å². The second kappa shape index (κ2) is 2.37. The van der Waals surface area contributed by atoms with Crippen LogP contribution in [0.4, 0.5) is 0 Å². The summed E-state index contributed by atoms with van der Waals surface area (Å²) in [7, 11) is 0.823. The lowest BCUT2D eigenvalue weighted by Crippen LogP contribution is -2.63. The molecule has 0 atom stereocenters. The Morgan fingerprint density at radius 1 is 1.29 bits per heavy atom. The van der Waals surface area contributed by atoms with Crippen LogP contribution in [-0.2, 0) is 0 Å². The van der Waals surface area contributed by atoms with Gasteiger partial charge in [0.05, 0.1) is 0 Å². The molecule has 0 radical (unpaired) electrons. The van der Waals surface area contributed by atoms with Crippen LogP contribution in [0.1, 0.15) is 0 Å². The van der Waals surface area contributed by atoms with Crippen LogP contribution in [0.2, 0.25) is 0 Å². The Labute approximate surface area is 43.8 Å². The molecule has 0 spiro atoms. The molecule has 0 amide bonds. The smallest absolute Gasteiger partial charge is 0.425 e. The van der Waals surface area contributed by atoms with E-state index in [1.807, 2.05) is 0 Å². The van der Waals surface area contributed by atoms with Crippen molar-refractivity contribution in [3.63, 3.8) is 0 Å². The largest absolute Gasteiger partial charge is 0.449 e. The zero-order chi connectivity index (χ0) is 5.11. The number of nitrogens with one attached hydrogen (secondary N) is 3. The third kappa shape index (κ3) is 1.52. The lowest BCUT2D eigenvalue weighted by molar-refractivity contribution is 0.557. The quantitative estimate of drug-likeness (QED) is 0.234. The van der Waals surface area contributed by atoms with Crippen molar-refractivity contribution in [2.45, 2.75) is 0 Å². The van der Waals surface area contributed by atoms with Crippen LogP contribution in [-0.4, -0.2) is 27.3 Å². The van der Waals surface area contributed by atoms with Crippen LogP contribution in [0.15, 0.2) is 0 Å². The van der Waals surface area contributed by atoms with Gasteiger partial charge in [-0.25, -0.2) is 0 Å². The third-order valence-electron chi connectivity index (χ3n) is 0.841. The maximum absolute atomic E-state index is 8.65. The van der Waals surface area contributed by atoms with Crippen LogP contribution in [0.3, 0.4) is 0 Å². The van der Waals surface area contributed by atoms with E-state index in [1.165, 1.54) is 0 Å². The van der Waals surface area contributed by atoms with Gasteiger partial charge in [0, 0.05) is 0 Å². The van der Waals surface area contributed by atoms with Crippen molar-refractivity contribution in [3.8, 4) is 0 Å². The fourth-order valence-corrected chi connectivity index (χ4v) is 0.472. The molecule has 0 aromatic carbocycles. The zero-order valence-corrected chi connectivity index (χ0v) is 3.94. The maximum Gasteiger partial charge on any atom is 0.449 e. The van der Waals surface area contributed by atoms with E-state index in [0.717, 1.165) is 0 Å². The molecule has 0 bridgehead atoms. The minimum absolute atomic E-state index is 0.527. The highest BCUT2D eigenvalue weighted by Crippen LogP contribution is 1.59. The fourth-order valence-electron chi connectivity index (χ4n) is 0.472. The minimum atomic E-state index is -0.527. The average molecular weight is 96.5 g/mol. The average Bonchev–Trinajstić information content (AvgIpc) is 1.69. The molecule has 0 aromatic heterocycles. The second-order valence-electron chi connectivity index (χ2n) is 1.41. The van der Waals surface area contributed by atoms with Gasteiger partial charge in [-0.1, -0.05) is 0 Å². The first-order valence-electron chi connectivity index (χ1n) is 2.25. The van der Waals surface area contributed by atoms with E-state index in [9.17, 15) is 0 Å². The topological polar surface area (TPSA) is 56.3 Å². The van der Waals surface area contributed by atoms with Crippen LogP contribution < -0.4 is 15.4 Å². The zero-order valence-electron chi connectivity index (χ0n) is 3.94. The van der Waals surface area contributed by atoms with Crippen molar-refractivity contribution < 1.29 is 5.02 Å². The van der Waals surface area contributed by atoms with E-state index in [-0.39, 0.29) is 0 Å². The Morgan fingerprint density at radius 3 is 2.14 bits per heavy atom. The lowest BCUT2D eigenvalue weighted by Gasteiger charge is -2.14. The SMILES string of the molecule is OB1NBNBN1. The molecule has 1 aliphatic heterocycles. The minimum Gasteiger partial charge on any atom is -0.425 e. The number of hydrogen-bond donors (Lipinski definition) is 4. The molecule has 4 nitrogen and oxygen atoms in total. The molecule has 0 unspecified atom stereocenters. The van der Waals surface area contributed by atoms with Crippen molar-refractivity contribution in [1.82, 2.24) is 15.4 Å². The highest BCUT2D eigenvalue weighted by Gasteiger charge is 2.14. The first kappa shape index (κ1) is 5.18. The van der Waals surface area contributed by atoms with Crippen molar-refractivity contribution in [1.29, 1.82) is 0 Å². The molecule has 1 aliphatic rings. The van der Waals surface area contributed by atoms with Crippen LogP contribution >= 0.6 is 0 Å². The van der Waals surface area contributed by atoms with Crippen LogP contribution in [0.25, 0.3) is 0 Å². The normalized spacial score (nSPS) is 20.4. The molecular formula is H6B3N3O. The molecule has 1 heterocycles. The summed E-state index contributed by atoms with van der Waals surface area (Å²) in [5, 5.41) is 17.0. The van der Waals surface area contributed by atoms with Gasteiger partial charge in [-0.15, -0.1) is 0 Å². The van der Waals surface area contributed by atoms with E-state index < -0.39 is 7.19 Å². The van der Waals surface area contributed by atoms with Crippen molar-refractivity contribution in [2.75, 3.05) is 0 Å². The van der Waals surface area contributed by atoms with Gasteiger partial charge in [-0.3, -0.25) is 0 Å². The highest BCUT2D eigenvalue weighted by molar-refractivity contribution is 6.71. The predicted octanol–water partition coefficient (Wildman–Crippen LogP) is -3.72. The Balaban J connectivity index is 2.12. The lowest BCUT2D eigenvalue weighted by atomic mass is 9.80. The van der Waals surface area contributed by atoms with Crippen molar-refractivity contribution in [2.24, 2.45) is 0 Å². The van der Waals surface area contributed by atoms with Gasteiger partial charge in [-0.05, 0) is 0 Å². The van der Waals surface area contributed by atoms with Gasteiger partial charge in [-0.2, -0.15) is 0 Å². The van der Waals surface area contributed by atoms with E-state index >= 15 is 0 Å². The van der Waals surface area contributed by atoms with Gasteiger partial charge in [0.1, 0.15) is 0 Å². The molecule has 4 N–H and O–H groups in total. The van der Waals surface area contributed by atoms with Gasteiger partial charge in [0.25, 0.3) is 15.1 Å². The molecule has 1 fully saturated rings. The van der Waals surface area contributed by atoms with Gasteiger partial charge >= 0.3 is 7.19 Å².